The maximum Gasteiger partial charge on any atom is 0.292 e. The van der Waals surface area contributed by atoms with Crippen LogP contribution in [0.4, 0.5) is 11.4 Å². The van der Waals surface area contributed by atoms with Crippen molar-refractivity contribution in [2.24, 2.45) is 0 Å². The molecule has 110 valence electrons. The van der Waals surface area contributed by atoms with Gasteiger partial charge in [0, 0.05) is 13.1 Å². The molecule has 2 rings (SSSR count). The van der Waals surface area contributed by atoms with Gasteiger partial charge in [-0.2, -0.15) is 0 Å². The Morgan fingerprint density at radius 3 is 2.57 bits per heavy atom. The van der Waals surface area contributed by atoms with Crippen LogP contribution in [-0.4, -0.2) is 12.0 Å². The van der Waals surface area contributed by atoms with E-state index in [1.807, 2.05) is 26.0 Å². The SMILES string of the molecule is CNc1cc(COc2ccc(C)cc2C)ccc1[N+](=O)[O-]. The van der Waals surface area contributed by atoms with Crippen LogP contribution < -0.4 is 10.1 Å². The van der Waals surface area contributed by atoms with E-state index in [0.717, 1.165) is 16.9 Å². The maximum atomic E-state index is 10.9. The lowest BCUT2D eigenvalue weighted by atomic mass is 10.1. The Morgan fingerprint density at radius 1 is 1.19 bits per heavy atom. The van der Waals surface area contributed by atoms with Crippen molar-refractivity contribution in [3.8, 4) is 5.75 Å². The van der Waals surface area contributed by atoms with Crippen molar-refractivity contribution < 1.29 is 9.66 Å². The lowest BCUT2D eigenvalue weighted by molar-refractivity contribution is -0.384. The molecule has 5 nitrogen and oxygen atoms in total. The van der Waals surface area contributed by atoms with E-state index >= 15 is 0 Å². The number of nitrogens with zero attached hydrogens (tertiary/aromatic N) is 1. The first-order valence-electron chi connectivity index (χ1n) is 6.66. The topological polar surface area (TPSA) is 64.4 Å². The van der Waals surface area contributed by atoms with Crippen molar-refractivity contribution in [1.82, 2.24) is 0 Å². The quantitative estimate of drug-likeness (QED) is 0.670. The number of hydrogen-bond donors (Lipinski definition) is 1. The smallest absolute Gasteiger partial charge is 0.292 e. The number of nitro groups is 1. The average Bonchev–Trinajstić information content (AvgIpc) is 2.45. The van der Waals surface area contributed by atoms with Gasteiger partial charge in [-0.15, -0.1) is 0 Å². The molecule has 1 N–H and O–H groups in total. The molecule has 0 aliphatic carbocycles. The van der Waals surface area contributed by atoms with Crippen molar-refractivity contribution in [3.63, 3.8) is 0 Å². The van der Waals surface area contributed by atoms with Gasteiger partial charge in [-0.1, -0.05) is 17.7 Å². The second kappa shape index (κ2) is 6.26. The minimum absolute atomic E-state index is 0.0627. The average molecular weight is 286 g/mol. The first-order chi connectivity index (χ1) is 10.0. The molecule has 0 aromatic heterocycles. The Hall–Kier alpha value is -2.56. The lowest BCUT2D eigenvalue weighted by Gasteiger charge is -2.11. The molecule has 2 aromatic rings. The summed E-state index contributed by atoms with van der Waals surface area (Å²) in [5, 5.41) is 13.7. The van der Waals surface area contributed by atoms with Crippen LogP contribution in [0.5, 0.6) is 5.75 Å². The fourth-order valence-electron chi connectivity index (χ4n) is 2.15. The third kappa shape index (κ3) is 3.51. The molecule has 0 saturated heterocycles. The minimum Gasteiger partial charge on any atom is -0.489 e. The number of nitrogens with one attached hydrogen (secondary N) is 1. The molecular weight excluding hydrogens is 268 g/mol. The summed E-state index contributed by atoms with van der Waals surface area (Å²) < 4.78 is 5.78. The first kappa shape index (κ1) is 14.8. The number of nitro benzene ring substituents is 1. The molecule has 0 atom stereocenters. The van der Waals surface area contributed by atoms with E-state index in [-0.39, 0.29) is 5.69 Å². The molecule has 0 unspecified atom stereocenters. The summed E-state index contributed by atoms with van der Waals surface area (Å²) in [5.41, 5.74) is 3.69. The van der Waals surface area contributed by atoms with E-state index in [2.05, 4.69) is 11.4 Å². The molecular formula is C16H18N2O3. The van der Waals surface area contributed by atoms with Gasteiger partial charge in [0.1, 0.15) is 18.0 Å². The fourth-order valence-corrected chi connectivity index (χ4v) is 2.15. The summed E-state index contributed by atoms with van der Waals surface area (Å²) in [4.78, 5) is 10.5. The Labute approximate surface area is 123 Å². The van der Waals surface area contributed by atoms with Gasteiger partial charge in [0.05, 0.1) is 4.92 Å². The summed E-state index contributed by atoms with van der Waals surface area (Å²) >= 11 is 0. The summed E-state index contributed by atoms with van der Waals surface area (Å²) in [5.74, 6) is 0.824. The summed E-state index contributed by atoms with van der Waals surface area (Å²) in [6, 6.07) is 10.9. The van der Waals surface area contributed by atoms with Crippen molar-refractivity contribution in [3.05, 3.63) is 63.2 Å². The largest absolute Gasteiger partial charge is 0.489 e. The summed E-state index contributed by atoms with van der Waals surface area (Å²) in [6.07, 6.45) is 0. The molecule has 0 bridgehead atoms. The van der Waals surface area contributed by atoms with Crippen LogP contribution in [0.25, 0.3) is 0 Å². The monoisotopic (exact) mass is 286 g/mol. The molecule has 0 heterocycles. The zero-order valence-electron chi connectivity index (χ0n) is 12.3. The van der Waals surface area contributed by atoms with Crippen LogP contribution in [-0.2, 0) is 6.61 Å². The molecule has 2 aromatic carbocycles. The number of ether oxygens (including phenoxy) is 1. The Balaban J connectivity index is 2.15. The van der Waals surface area contributed by atoms with Crippen LogP contribution in [0.2, 0.25) is 0 Å². The van der Waals surface area contributed by atoms with Gasteiger partial charge in [-0.25, -0.2) is 0 Å². The molecule has 0 aliphatic rings. The highest BCUT2D eigenvalue weighted by Gasteiger charge is 2.13. The standard InChI is InChI=1S/C16H18N2O3/c1-11-4-7-16(12(2)8-11)21-10-13-5-6-15(18(19)20)14(9-13)17-3/h4-9,17H,10H2,1-3H3. The molecule has 5 heteroatoms. The fraction of sp³-hybridized carbons (Fsp3) is 0.250. The third-order valence-corrected chi connectivity index (χ3v) is 3.25. The summed E-state index contributed by atoms with van der Waals surface area (Å²) in [7, 11) is 1.66. The maximum absolute atomic E-state index is 10.9. The molecule has 21 heavy (non-hydrogen) atoms. The highest BCUT2D eigenvalue weighted by atomic mass is 16.6. The second-order valence-corrected chi connectivity index (χ2v) is 4.92. The van der Waals surface area contributed by atoms with Gasteiger partial charge >= 0.3 is 0 Å². The van der Waals surface area contributed by atoms with Crippen molar-refractivity contribution in [2.75, 3.05) is 12.4 Å². The van der Waals surface area contributed by atoms with Gasteiger partial charge in [-0.05, 0) is 43.2 Å². The molecule has 0 amide bonds. The van der Waals surface area contributed by atoms with Crippen LogP contribution in [0.1, 0.15) is 16.7 Å². The number of rotatable bonds is 5. The van der Waals surface area contributed by atoms with Gasteiger partial charge in [0.25, 0.3) is 5.69 Å². The molecule has 0 fully saturated rings. The van der Waals surface area contributed by atoms with Gasteiger partial charge < -0.3 is 10.1 Å². The minimum atomic E-state index is -0.402. The van der Waals surface area contributed by atoms with Crippen molar-refractivity contribution in [1.29, 1.82) is 0 Å². The van der Waals surface area contributed by atoms with Gasteiger partial charge in [0.2, 0.25) is 0 Å². The van der Waals surface area contributed by atoms with Gasteiger partial charge in [-0.3, -0.25) is 10.1 Å². The molecule has 0 spiro atoms. The lowest BCUT2D eigenvalue weighted by Crippen LogP contribution is -2.01. The first-order valence-corrected chi connectivity index (χ1v) is 6.66. The number of hydrogen-bond acceptors (Lipinski definition) is 4. The van der Waals surface area contributed by atoms with Crippen molar-refractivity contribution in [2.45, 2.75) is 20.5 Å². The van der Waals surface area contributed by atoms with Crippen LogP contribution >= 0.6 is 0 Å². The van der Waals surface area contributed by atoms with E-state index in [9.17, 15) is 10.1 Å². The Kier molecular flexibility index (Phi) is 4.42. The van der Waals surface area contributed by atoms with Crippen molar-refractivity contribution >= 4 is 11.4 Å². The normalized spacial score (nSPS) is 10.2. The zero-order valence-corrected chi connectivity index (χ0v) is 12.3. The van der Waals surface area contributed by atoms with Gasteiger partial charge in [0.15, 0.2) is 0 Å². The molecule has 0 saturated carbocycles. The third-order valence-electron chi connectivity index (χ3n) is 3.25. The second-order valence-electron chi connectivity index (χ2n) is 4.92. The molecule has 0 radical (unpaired) electrons. The predicted molar refractivity (Wildman–Crippen MR) is 82.9 cm³/mol. The highest BCUT2D eigenvalue weighted by molar-refractivity contribution is 5.62. The van der Waals surface area contributed by atoms with E-state index in [1.165, 1.54) is 11.6 Å². The van der Waals surface area contributed by atoms with Crippen LogP contribution in [0.3, 0.4) is 0 Å². The Morgan fingerprint density at radius 2 is 1.95 bits per heavy atom. The highest BCUT2D eigenvalue weighted by Crippen LogP contribution is 2.26. The summed E-state index contributed by atoms with van der Waals surface area (Å²) in [6.45, 7) is 4.40. The van der Waals surface area contributed by atoms with E-state index in [1.54, 1.807) is 19.2 Å². The van der Waals surface area contributed by atoms with E-state index < -0.39 is 4.92 Å². The Bertz CT molecular complexity index is 669. The van der Waals surface area contributed by atoms with Crippen LogP contribution in [0, 0.1) is 24.0 Å². The zero-order chi connectivity index (χ0) is 15.4. The van der Waals surface area contributed by atoms with Crippen LogP contribution in [0.15, 0.2) is 36.4 Å². The number of aryl methyl sites for hydroxylation is 2. The van der Waals surface area contributed by atoms with E-state index in [0.29, 0.717) is 12.3 Å². The predicted octanol–water partition coefficient (Wildman–Crippen LogP) is 3.83. The molecule has 0 aliphatic heterocycles. The number of benzene rings is 2. The number of anilines is 1. The van der Waals surface area contributed by atoms with E-state index in [4.69, 9.17) is 4.74 Å².